The van der Waals surface area contributed by atoms with Crippen LogP contribution in [0.4, 0.5) is 9.18 Å². The number of nitrogens with zero attached hydrogens (tertiary/aromatic N) is 3. The van der Waals surface area contributed by atoms with Crippen LogP contribution in [0, 0.1) is 17.3 Å². The van der Waals surface area contributed by atoms with Crippen molar-refractivity contribution in [3.63, 3.8) is 0 Å². The van der Waals surface area contributed by atoms with Gasteiger partial charge in [0.2, 0.25) is 11.8 Å². The summed E-state index contributed by atoms with van der Waals surface area (Å²) in [4.78, 5) is 49.6. The van der Waals surface area contributed by atoms with E-state index < -0.39 is 53.7 Å². The van der Waals surface area contributed by atoms with E-state index in [1.54, 1.807) is 45.9 Å². The number of alkyl carbamates (subject to hydrolysis) is 1. The molecule has 1 unspecified atom stereocenters. The summed E-state index contributed by atoms with van der Waals surface area (Å²) in [7, 11) is 1.53. The monoisotopic (exact) mass is 586 g/mol. The van der Waals surface area contributed by atoms with Crippen molar-refractivity contribution in [2.45, 2.75) is 90.3 Å². The van der Waals surface area contributed by atoms with E-state index in [-0.39, 0.29) is 36.6 Å². The Kier molecular flexibility index (Phi) is 8.17. The molecule has 0 radical (unpaired) electrons. The maximum absolute atomic E-state index is 15.8. The number of fused-ring (bicyclic) bond motifs is 5. The number of methoxy groups -OCH3 is 1. The number of carbonyl (C=O) groups is 3. The van der Waals surface area contributed by atoms with Gasteiger partial charge in [-0.05, 0) is 42.7 Å². The highest BCUT2D eigenvalue weighted by Crippen LogP contribution is 2.40. The molecule has 1 aromatic heterocycles. The maximum Gasteiger partial charge on any atom is 0.408 e. The Balaban J connectivity index is 1.54. The van der Waals surface area contributed by atoms with E-state index >= 15 is 4.39 Å². The van der Waals surface area contributed by atoms with Crippen LogP contribution in [0.15, 0.2) is 18.2 Å². The van der Waals surface area contributed by atoms with Crippen LogP contribution in [-0.4, -0.2) is 75.9 Å². The lowest BCUT2D eigenvalue weighted by Crippen LogP contribution is -2.57. The smallest absolute Gasteiger partial charge is 0.408 e. The van der Waals surface area contributed by atoms with Gasteiger partial charge in [-0.1, -0.05) is 40.5 Å². The fourth-order valence-corrected chi connectivity index (χ4v) is 5.92. The van der Waals surface area contributed by atoms with Crippen molar-refractivity contribution < 1.29 is 38.1 Å². The normalized spacial score (nSPS) is 30.6. The van der Waals surface area contributed by atoms with Gasteiger partial charge in [-0.25, -0.2) is 23.9 Å². The number of hydrogen-bond acceptors (Lipinski definition) is 8. The number of amides is 2. The first kappa shape index (κ1) is 29.8. The van der Waals surface area contributed by atoms with Crippen molar-refractivity contribution in [3.05, 3.63) is 23.9 Å². The number of hydrogen-bond donors (Lipinski definition) is 2. The van der Waals surface area contributed by atoms with Crippen LogP contribution in [0.25, 0.3) is 11.0 Å². The summed E-state index contributed by atoms with van der Waals surface area (Å²) < 4.78 is 32.9. The molecule has 12 heteroatoms. The highest BCUT2D eigenvalue weighted by atomic mass is 19.1. The van der Waals surface area contributed by atoms with E-state index in [9.17, 15) is 19.5 Å². The Morgan fingerprint density at radius 2 is 1.86 bits per heavy atom. The Morgan fingerprint density at radius 1 is 1.12 bits per heavy atom. The molecule has 3 heterocycles. The molecule has 1 saturated carbocycles. The van der Waals surface area contributed by atoms with Gasteiger partial charge in [-0.2, -0.15) is 0 Å². The van der Waals surface area contributed by atoms with Crippen LogP contribution in [0.2, 0.25) is 0 Å². The molecular weight excluding hydrogens is 547 g/mol. The predicted octanol–water partition coefficient (Wildman–Crippen LogP) is 4.43. The lowest BCUT2D eigenvalue weighted by molar-refractivity contribution is -0.151. The molecule has 2 N–H and O–H groups in total. The maximum atomic E-state index is 15.8. The molecule has 11 nitrogen and oxygen atoms in total. The van der Waals surface area contributed by atoms with Crippen molar-refractivity contribution >= 4 is 29.0 Å². The highest BCUT2D eigenvalue weighted by Gasteiger charge is 2.51. The summed E-state index contributed by atoms with van der Waals surface area (Å²) in [6.07, 6.45) is -0.224. The van der Waals surface area contributed by atoms with Crippen molar-refractivity contribution in [2.75, 3.05) is 13.7 Å². The molecule has 1 saturated heterocycles. The summed E-state index contributed by atoms with van der Waals surface area (Å²) >= 11 is 0. The summed E-state index contributed by atoms with van der Waals surface area (Å²) in [5, 5.41) is 12.9. The molecular formula is C30H39FN4O7. The minimum Gasteiger partial charge on any atom is -0.497 e. The van der Waals surface area contributed by atoms with Gasteiger partial charge in [-0.3, -0.25) is 4.79 Å². The average Bonchev–Trinajstić information content (AvgIpc) is 3.58. The van der Waals surface area contributed by atoms with E-state index in [2.05, 4.69) is 15.3 Å². The third-order valence-corrected chi connectivity index (χ3v) is 8.53. The zero-order chi connectivity index (χ0) is 30.3. The summed E-state index contributed by atoms with van der Waals surface area (Å²) in [5.74, 6) is -1.75. The highest BCUT2D eigenvalue weighted by molar-refractivity contribution is 5.90. The Labute approximate surface area is 244 Å². The van der Waals surface area contributed by atoms with Gasteiger partial charge in [0.05, 0.1) is 24.7 Å². The first-order valence-electron chi connectivity index (χ1n) is 14.5. The molecule has 2 aromatic rings. The third-order valence-electron chi connectivity index (χ3n) is 8.53. The van der Waals surface area contributed by atoms with Crippen LogP contribution in [0.5, 0.6) is 11.6 Å². The van der Waals surface area contributed by atoms with Crippen molar-refractivity contribution in [2.24, 2.45) is 17.3 Å². The molecule has 1 aliphatic carbocycles. The van der Waals surface area contributed by atoms with Crippen LogP contribution in [-0.2, 0) is 14.3 Å². The molecule has 3 aliphatic rings. The lowest BCUT2D eigenvalue weighted by Gasteiger charge is -2.34. The van der Waals surface area contributed by atoms with Gasteiger partial charge in [0, 0.05) is 12.0 Å². The number of aliphatic carboxylic acids is 1. The van der Waals surface area contributed by atoms with E-state index in [4.69, 9.17) is 14.2 Å². The first-order chi connectivity index (χ1) is 19.9. The quantitative estimate of drug-likeness (QED) is 0.523. The number of carboxylic acid groups (broad SMARTS) is 1. The van der Waals surface area contributed by atoms with Crippen LogP contribution in [0.3, 0.4) is 0 Å². The predicted molar refractivity (Wildman–Crippen MR) is 150 cm³/mol. The van der Waals surface area contributed by atoms with Gasteiger partial charge in [0.15, 0.2) is 0 Å². The number of alkyl halides is 1. The molecule has 228 valence electrons. The van der Waals surface area contributed by atoms with E-state index in [1.165, 1.54) is 12.0 Å². The van der Waals surface area contributed by atoms with Gasteiger partial charge in [0.1, 0.15) is 41.9 Å². The summed E-state index contributed by atoms with van der Waals surface area (Å²) in [6.45, 7) is 6.94. The standard InChI is InChI=1S/C30H39FN4O7/c1-15-22-14-35(24(15)28(37)38)27(36)25(30(2,3)4)34-29(39)42-21-12-16(21)8-6-7-9-18(31)23-26(41-22)33-20-13-17(40-5)10-11-19(20)32-23/h10-11,13,15-16,18,21-22,24-25H,6-9,12,14H2,1-5H3,(H,34,39)(H,37,38)/t15-,16-,18?,21-,22+,24+,25-/m1/s1. The number of carboxylic acids is 1. The Morgan fingerprint density at radius 3 is 2.55 bits per heavy atom. The zero-order valence-electron chi connectivity index (χ0n) is 24.6. The Hall–Kier alpha value is -3.70. The van der Waals surface area contributed by atoms with E-state index in [0.717, 1.165) is 12.8 Å². The molecule has 2 aliphatic heterocycles. The van der Waals surface area contributed by atoms with E-state index in [1.807, 2.05) is 0 Å². The number of aromatic nitrogens is 2. The number of carbonyl (C=O) groups excluding carboxylic acids is 2. The number of benzene rings is 1. The van der Waals surface area contributed by atoms with Crippen molar-refractivity contribution in [1.29, 1.82) is 0 Å². The molecule has 42 heavy (non-hydrogen) atoms. The number of ether oxygens (including phenoxy) is 3. The second kappa shape index (κ2) is 11.5. The van der Waals surface area contributed by atoms with Crippen molar-refractivity contribution in [3.8, 4) is 11.6 Å². The molecule has 2 bridgehead atoms. The average molecular weight is 587 g/mol. The molecule has 1 aromatic carbocycles. The van der Waals surface area contributed by atoms with Gasteiger partial charge in [0.25, 0.3) is 0 Å². The van der Waals surface area contributed by atoms with Crippen LogP contribution < -0.4 is 14.8 Å². The molecule has 7 atom stereocenters. The molecule has 0 spiro atoms. The fourth-order valence-electron chi connectivity index (χ4n) is 5.92. The number of halogens is 1. The van der Waals surface area contributed by atoms with Crippen LogP contribution in [0.1, 0.15) is 71.7 Å². The SMILES string of the molecule is COc1ccc2nc3c(nc2c1)O[C@H]1CN(C(=O)[C@H](C(C)(C)C)NC(=O)O[C@@H]2C[C@H]2CCCCC3F)[C@H](C(=O)O)[C@@H]1C. The third kappa shape index (κ3) is 6.07. The zero-order valence-corrected chi connectivity index (χ0v) is 24.6. The summed E-state index contributed by atoms with van der Waals surface area (Å²) in [5.41, 5.74) is 0.211. The fraction of sp³-hybridized carbons (Fsp3) is 0.633. The Bertz CT molecular complexity index is 1370. The minimum atomic E-state index is -1.47. The van der Waals surface area contributed by atoms with Gasteiger partial charge >= 0.3 is 12.1 Å². The largest absolute Gasteiger partial charge is 0.497 e. The first-order valence-corrected chi connectivity index (χ1v) is 14.5. The summed E-state index contributed by atoms with van der Waals surface area (Å²) in [6, 6.07) is 2.80. The molecule has 2 amide bonds. The second-order valence-electron chi connectivity index (χ2n) is 12.7. The van der Waals surface area contributed by atoms with Crippen LogP contribution >= 0.6 is 0 Å². The minimum absolute atomic E-state index is 0.0315. The lowest BCUT2D eigenvalue weighted by atomic mass is 9.85. The molecule has 2 fully saturated rings. The molecule has 5 rings (SSSR count). The van der Waals surface area contributed by atoms with Crippen molar-refractivity contribution in [1.82, 2.24) is 20.2 Å². The number of nitrogens with one attached hydrogen (secondary N) is 1. The van der Waals surface area contributed by atoms with E-state index in [0.29, 0.717) is 29.6 Å². The van der Waals surface area contributed by atoms with Gasteiger partial charge < -0.3 is 29.5 Å². The number of rotatable bonds is 2. The second-order valence-corrected chi connectivity index (χ2v) is 12.7. The van der Waals surface area contributed by atoms with Gasteiger partial charge in [-0.15, -0.1) is 0 Å². The topological polar surface area (TPSA) is 140 Å².